The molecule has 0 unspecified atom stereocenters. The van der Waals surface area contributed by atoms with Crippen molar-refractivity contribution in [2.75, 3.05) is 17.6 Å². The number of nitrogen functional groups attached to an aromatic ring is 1. The Bertz CT molecular complexity index is 416. The SMILES string of the molecule is Nc1cnc(NCCCC2CC2)c(C(=O)O)c1. The van der Waals surface area contributed by atoms with Crippen LogP contribution in [-0.4, -0.2) is 22.6 Å². The Kier molecular flexibility index (Phi) is 3.46. The molecule has 1 fully saturated rings. The molecule has 0 bridgehead atoms. The van der Waals surface area contributed by atoms with Crippen LogP contribution in [0.25, 0.3) is 0 Å². The first kappa shape index (κ1) is 11.7. The van der Waals surface area contributed by atoms with Crippen molar-refractivity contribution in [2.45, 2.75) is 25.7 Å². The number of nitrogens with one attached hydrogen (secondary N) is 1. The third-order valence-electron chi connectivity index (χ3n) is 2.92. The highest BCUT2D eigenvalue weighted by atomic mass is 16.4. The van der Waals surface area contributed by atoms with Crippen molar-refractivity contribution < 1.29 is 9.90 Å². The average Bonchev–Trinajstić information content (AvgIpc) is 3.09. The summed E-state index contributed by atoms with van der Waals surface area (Å²) in [6.45, 7) is 0.758. The number of carboxylic acids is 1. The van der Waals surface area contributed by atoms with E-state index in [2.05, 4.69) is 10.3 Å². The molecule has 1 aromatic heterocycles. The maximum absolute atomic E-state index is 11.0. The number of hydrogen-bond acceptors (Lipinski definition) is 4. The van der Waals surface area contributed by atoms with E-state index in [9.17, 15) is 4.79 Å². The van der Waals surface area contributed by atoms with E-state index in [1.54, 1.807) is 0 Å². The topological polar surface area (TPSA) is 88.2 Å². The van der Waals surface area contributed by atoms with Crippen molar-refractivity contribution in [3.8, 4) is 0 Å². The molecule has 0 saturated heterocycles. The zero-order valence-electron chi connectivity index (χ0n) is 9.65. The first-order valence-electron chi connectivity index (χ1n) is 5.89. The third-order valence-corrected chi connectivity index (χ3v) is 2.92. The van der Waals surface area contributed by atoms with Gasteiger partial charge in [0.1, 0.15) is 11.4 Å². The van der Waals surface area contributed by atoms with Crippen LogP contribution in [0.15, 0.2) is 12.3 Å². The van der Waals surface area contributed by atoms with Crippen molar-refractivity contribution in [1.82, 2.24) is 4.98 Å². The molecular weight excluding hydrogens is 218 g/mol. The maximum atomic E-state index is 11.0. The summed E-state index contributed by atoms with van der Waals surface area (Å²) >= 11 is 0. The molecule has 17 heavy (non-hydrogen) atoms. The Hall–Kier alpha value is -1.78. The lowest BCUT2D eigenvalue weighted by Crippen LogP contribution is -2.10. The predicted octanol–water partition coefficient (Wildman–Crippen LogP) is 1.96. The highest BCUT2D eigenvalue weighted by Crippen LogP contribution is 2.33. The zero-order valence-corrected chi connectivity index (χ0v) is 9.65. The van der Waals surface area contributed by atoms with Crippen LogP contribution in [0.2, 0.25) is 0 Å². The van der Waals surface area contributed by atoms with Gasteiger partial charge in [0.2, 0.25) is 0 Å². The fourth-order valence-electron chi connectivity index (χ4n) is 1.79. The summed E-state index contributed by atoms with van der Waals surface area (Å²) in [5, 5.41) is 12.1. The van der Waals surface area contributed by atoms with Gasteiger partial charge in [-0.1, -0.05) is 12.8 Å². The maximum Gasteiger partial charge on any atom is 0.339 e. The Labute approximate surface area is 100 Å². The van der Waals surface area contributed by atoms with Gasteiger partial charge in [-0.25, -0.2) is 9.78 Å². The molecule has 0 spiro atoms. The zero-order chi connectivity index (χ0) is 12.3. The van der Waals surface area contributed by atoms with Crippen LogP contribution in [0.4, 0.5) is 11.5 Å². The Balaban J connectivity index is 1.91. The number of pyridine rings is 1. The van der Waals surface area contributed by atoms with Gasteiger partial charge in [0.15, 0.2) is 0 Å². The number of anilines is 2. The number of nitrogens with zero attached hydrogens (tertiary/aromatic N) is 1. The molecule has 0 amide bonds. The van der Waals surface area contributed by atoms with Crippen LogP contribution in [0.5, 0.6) is 0 Å². The first-order valence-corrected chi connectivity index (χ1v) is 5.89. The summed E-state index contributed by atoms with van der Waals surface area (Å²) in [6.07, 6.45) is 6.43. The molecule has 2 rings (SSSR count). The van der Waals surface area contributed by atoms with E-state index in [1.165, 1.54) is 31.5 Å². The van der Waals surface area contributed by atoms with Crippen LogP contribution in [0.3, 0.4) is 0 Å². The summed E-state index contributed by atoms with van der Waals surface area (Å²) in [6, 6.07) is 1.43. The number of rotatable bonds is 6. The molecule has 0 radical (unpaired) electrons. The second kappa shape index (κ2) is 5.03. The molecule has 4 N–H and O–H groups in total. The van der Waals surface area contributed by atoms with E-state index in [-0.39, 0.29) is 5.56 Å². The molecule has 0 aromatic carbocycles. The number of carbonyl (C=O) groups is 1. The minimum Gasteiger partial charge on any atom is -0.478 e. The Morgan fingerprint density at radius 2 is 2.35 bits per heavy atom. The quantitative estimate of drug-likeness (QED) is 0.656. The molecule has 0 aliphatic heterocycles. The summed E-state index contributed by atoms with van der Waals surface area (Å²) in [5.41, 5.74) is 6.02. The van der Waals surface area contributed by atoms with E-state index in [0.29, 0.717) is 11.5 Å². The van der Waals surface area contributed by atoms with Crippen molar-refractivity contribution in [2.24, 2.45) is 5.92 Å². The fraction of sp³-hybridized carbons (Fsp3) is 0.500. The van der Waals surface area contributed by atoms with Crippen molar-refractivity contribution in [1.29, 1.82) is 0 Å². The lowest BCUT2D eigenvalue weighted by Gasteiger charge is -2.08. The molecule has 1 aromatic rings. The van der Waals surface area contributed by atoms with Crippen molar-refractivity contribution in [3.63, 3.8) is 0 Å². The van der Waals surface area contributed by atoms with Crippen LogP contribution < -0.4 is 11.1 Å². The Morgan fingerprint density at radius 1 is 1.59 bits per heavy atom. The van der Waals surface area contributed by atoms with Gasteiger partial charge in [0, 0.05) is 6.54 Å². The van der Waals surface area contributed by atoms with Gasteiger partial charge in [-0.05, 0) is 24.8 Å². The second-order valence-corrected chi connectivity index (χ2v) is 4.48. The van der Waals surface area contributed by atoms with Crippen molar-refractivity contribution >= 4 is 17.5 Å². The highest BCUT2D eigenvalue weighted by Gasteiger charge is 2.20. The molecule has 1 aliphatic rings. The van der Waals surface area contributed by atoms with E-state index in [4.69, 9.17) is 10.8 Å². The fourth-order valence-corrected chi connectivity index (χ4v) is 1.79. The van der Waals surface area contributed by atoms with E-state index in [1.807, 2.05) is 0 Å². The lowest BCUT2D eigenvalue weighted by molar-refractivity contribution is 0.0697. The summed E-state index contributed by atoms with van der Waals surface area (Å²) < 4.78 is 0. The van der Waals surface area contributed by atoms with Gasteiger partial charge in [0.25, 0.3) is 0 Å². The van der Waals surface area contributed by atoms with Gasteiger partial charge < -0.3 is 16.2 Å². The third kappa shape index (κ3) is 3.34. The molecule has 5 nitrogen and oxygen atoms in total. The molecule has 1 aliphatic carbocycles. The van der Waals surface area contributed by atoms with Gasteiger partial charge in [0.05, 0.1) is 11.9 Å². The lowest BCUT2D eigenvalue weighted by atomic mass is 10.2. The van der Waals surface area contributed by atoms with E-state index in [0.717, 1.165) is 18.9 Å². The smallest absolute Gasteiger partial charge is 0.339 e. The minimum absolute atomic E-state index is 0.136. The van der Waals surface area contributed by atoms with E-state index < -0.39 is 5.97 Å². The molecule has 92 valence electrons. The van der Waals surface area contributed by atoms with Crippen LogP contribution >= 0.6 is 0 Å². The molecule has 1 heterocycles. The highest BCUT2D eigenvalue weighted by molar-refractivity contribution is 5.94. The number of aromatic carboxylic acids is 1. The van der Waals surface area contributed by atoms with Gasteiger partial charge >= 0.3 is 5.97 Å². The average molecular weight is 235 g/mol. The van der Waals surface area contributed by atoms with Crippen LogP contribution in [0, 0.1) is 5.92 Å². The second-order valence-electron chi connectivity index (χ2n) is 4.48. The molecular formula is C12H17N3O2. The number of hydrogen-bond donors (Lipinski definition) is 3. The van der Waals surface area contributed by atoms with Gasteiger partial charge in [-0.3, -0.25) is 0 Å². The standard InChI is InChI=1S/C12H17N3O2/c13-9-6-10(12(16)17)11(15-7-9)14-5-1-2-8-3-4-8/h6-8H,1-5,13H2,(H,14,15)(H,16,17). The molecule has 5 heteroatoms. The van der Waals surface area contributed by atoms with Crippen LogP contribution in [0.1, 0.15) is 36.0 Å². The van der Waals surface area contributed by atoms with E-state index >= 15 is 0 Å². The number of nitrogens with two attached hydrogens (primary N) is 1. The normalized spacial score (nSPS) is 14.6. The number of carboxylic acid groups (broad SMARTS) is 1. The van der Waals surface area contributed by atoms with Gasteiger partial charge in [-0.15, -0.1) is 0 Å². The molecule has 0 atom stereocenters. The van der Waals surface area contributed by atoms with Crippen LogP contribution in [-0.2, 0) is 0 Å². The summed E-state index contributed by atoms with van der Waals surface area (Å²) in [5.74, 6) is 0.298. The Morgan fingerprint density at radius 3 is 3.00 bits per heavy atom. The molecule has 1 saturated carbocycles. The number of aromatic nitrogens is 1. The largest absolute Gasteiger partial charge is 0.478 e. The first-order chi connectivity index (χ1) is 8.16. The van der Waals surface area contributed by atoms with Gasteiger partial charge in [-0.2, -0.15) is 0 Å². The monoisotopic (exact) mass is 235 g/mol. The summed E-state index contributed by atoms with van der Waals surface area (Å²) in [4.78, 5) is 15.0. The predicted molar refractivity (Wildman–Crippen MR) is 66.1 cm³/mol. The minimum atomic E-state index is -1.01. The van der Waals surface area contributed by atoms with Crippen molar-refractivity contribution in [3.05, 3.63) is 17.8 Å². The summed E-state index contributed by atoms with van der Waals surface area (Å²) in [7, 11) is 0.